The van der Waals surface area contributed by atoms with Gasteiger partial charge in [0.25, 0.3) is 0 Å². The standard InChI is InChI=1S/C22H29N5O3/c1-25(14-16-13-23-7-8-24-16)20(28)18-17-5-6-22(30-17)15-27(21(29)19(18)22)12-11-26-9-3-2-4-10-26/h5-8,13,17-19H,2-4,9-12,14-15H2,1H3/t17-,18+,19-,22-/m0/s1. The van der Waals surface area contributed by atoms with Crippen molar-refractivity contribution in [2.24, 2.45) is 11.8 Å². The molecule has 5 heterocycles. The summed E-state index contributed by atoms with van der Waals surface area (Å²) in [6, 6.07) is 0. The molecule has 0 aromatic carbocycles. The quantitative estimate of drug-likeness (QED) is 0.642. The van der Waals surface area contributed by atoms with Crippen LogP contribution in [0.4, 0.5) is 0 Å². The van der Waals surface area contributed by atoms with Crippen molar-refractivity contribution in [2.45, 2.75) is 37.5 Å². The van der Waals surface area contributed by atoms with E-state index in [-0.39, 0.29) is 17.9 Å². The van der Waals surface area contributed by atoms with Crippen LogP contribution in [0.15, 0.2) is 30.7 Å². The largest absolute Gasteiger partial charge is 0.360 e. The number of piperidine rings is 1. The van der Waals surface area contributed by atoms with E-state index in [0.717, 1.165) is 25.3 Å². The number of hydrogen-bond acceptors (Lipinski definition) is 6. The maximum absolute atomic E-state index is 13.3. The fraction of sp³-hybridized carbons (Fsp3) is 0.636. The molecule has 8 nitrogen and oxygen atoms in total. The number of hydrogen-bond donors (Lipinski definition) is 0. The van der Waals surface area contributed by atoms with Gasteiger partial charge in [0.05, 0.1) is 42.9 Å². The van der Waals surface area contributed by atoms with E-state index in [0.29, 0.717) is 19.6 Å². The van der Waals surface area contributed by atoms with E-state index in [2.05, 4.69) is 14.9 Å². The summed E-state index contributed by atoms with van der Waals surface area (Å²) in [6.07, 6.45) is 12.3. The topological polar surface area (TPSA) is 78.9 Å². The van der Waals surface area contributed by atoms with Crippen LogP contribution in [0.3, 0.4) is 0 Å². The molecule has 3 fully saturated rings. The lowest BCUT2D eigenvalue weighted by Crippen LogP contribution is -2.45. The summed E-state index contributed by atoms with van der Waals surface area (Å²) in [4.78, 5) is 41.0. The first-order valence-corrected chi connectivity index (χ1v) is 11.0. The van der Waals surface area contributed by atoms with E-state index in [1.165, 1.54) is 19.3 Å². The van der Waals surface area contributed by atoms with Crippen molar-refractivity contribution >= 4 is 11.8 Å². The number of rotatable bonds is 6. The van der Waals surface area contributed by atoms with Crippen LogP contribution < -0.4 is 0 Å². The molecule has 0 radical (unpaired) electrons. The minimum Gasteiger partial charge on any atom is -0.360 e. The van der Waals surface area contributed by atoms with Crippen molar-refractivity contribution in [3.8, 4) is 0 Å². The molecule has 0 unspecified atom stereocenters. The molecule has 1 aromatic heterocycles. The second-order valence-electron chi connectivity index (χ2n) is 8.95. The Hall–Kier alpha value is -2.32. The molecule has 1 aromatic rings. The van der Waals surface area contributed by atoms with Crippen molar-refractivity contribution < 1.29 is 14.3 Å². The SMILES string of the molecule is CN(Cc1cnccn1)C(=O)[C@@H]1[C@@H]2C=C[C@@]3(CN(CCN4CCCCC4)C(=O)[C@H]13)O2. The minimum atomic E-state index is -0.642. The zero-order valence-electron chi connectivity index (χ0n) is 17.4. The third-order valence-electron chi connectivity index (χ3n) is 6.99. The first-order valence-electron chi connectivity index (χ1n) is 11.0. The highest BCUT2D eigenvalue weighted by Crippen LogP contribution is 2.52. The summed E-state index contributed by atoms with van der Waals surface area (Å²) in [5, 5.41) is 0. The molecule has 4 aliphatic heterocycles. The second kappa shape index (κ2) is 7.74. The van der Waals surface area contributed by atoms with Crippen molar-refractivity contribution in [2.75, 3.05) is 39.8 Å². The van der Waals surface area contributed by atoms with E-state index >= 15 is 0 Å². The monoisotopic (exact) mass is 411 g/mol. The van der Waals surface area contributed by atoms with Gasteiger partial charge in [-0.3, -0.25) is 19.6 Å². The molecule has 2 amide bonds. The average Bonchev–Trinajstić information content (AvgIpc) is 3.41. The summed E-state index contributed by atoms with van der Waals surface area (Å²) < 4.78 is 6.25. The van der Waals surface area contributed by atoms with E-state index in [1.807, 2.05) is 17.1 Å². The minimum absolute atomic E-state index is 0.0603. The van der Waals surface area contributed by atoms with Crippen LogP contribution in [0.25, 0.3) is 0 Å². The van der Waals surface area contributed by atoms with Gasteiger partial charge in [-0.25, -0.2) is 0 Å². The summed E-state index contributed by atoms with van der Waals surface area (Å²) in [6.45, 7) is 4.75. The number of carbonyl (C=O) groups excluding carboxylic acids is 2. The Morgan fingerprint density at radius 2 is 2.10 bits per heavy atom. The van der Waals surface area contributed by atoms with Gasteiger partial charge in [-0.05, 0) is 25.9 Å². The summed E-state index contributed by atoms with van der Waals surface area (Å²) in [5.74, 6) is -0.895. The first kappa shape index (κ1) is 19.6. The predicted molar refractivity (Wildman–Crippen MR) is 109 cm³/mol. The van der Waals surface area contributed by atoms with Gasteiger partial charge in [0, 0.05) is 32.5 Å². The molecule has 8 heteroatoms. The molecule has 160 valence electrons. The lowest BCUT2D eigenvalue weighted by molar-refractivity contribution is -0.142. The Bertz CT molecular complexity index is 840. The number of likely N-dealkylation sites (tertiary alicyclic amines) is 2. The molecule has 0 aliphatic carbocycles. The highest BCUT2D eigenvalue weighted by Gasteiger charge is 2.67. The molecule has 3 saturated heterocycles. The Morgan fingerprint density at radius 3 is 2.87 bits per heavy atom. The second-order valence-corrected chi connectivity index (χ2v) is 8.95. The zero-order chi connectivity index (χ0) is 20.7. The van der Waals surface area contributed by atoms with E-state index in [1.54, 1.807) is 30.5 Å². The fourth-order valence-electron chi connectivity index (χ4n) is 5.48. The Kier molecular flexibility index (Phi) is 5.06. The van der Waals surface area contributed by atoms with Gasteiger partial charge in [-0.2, -0.15) is 0 Å². The van der Waals surface area contributed by atoms with Crippen LogP contribution in [0.5, 0.6) is 0 Å². The van der Waals surface area contributed by atoms with Gasteiger partial charge in [0.2, 0.25) is 11.8 Å². The van der Waals surface area contributed by atoms with Gasteiger partial charge in [0.15, 0.2) is 0 Å². The van der Waals surface area contributed by atoms with Crippen LogP contribution in [0, 0.1) is 11.8 Å². The molecule has 4 atom stereocenters. The number of carbonyl (C=O) groups is 2. The molecule has 0 N–H and O–H groups in total. The summed E-state index contributed by atoms with van der Waals surface area (Å²) >= 11 is 0. The number of fused-ring (bicyclic) bond motifs is 1. The normalized spacial score (nSPS) is 32.6. The van der Waals surface area contributed by atoms with E-state index < -0.39 is 17.4 Å². The average molecular weight is 412 g/mol. The highest BCUT2D eigenvalue weighted by molar-refractivity contribution is 5.93. The van der Waals surface area contributed by atoms with Crippen molar-refractivity contribution in [3.63, 3.8) is 0 Å². The lowest BCUT2D eigenvalue weighted by atomic mass is 9.76. The smallest absolute Gasteiger partial charge is 0.230 e. The number of amides is 2. The first-order chi connectivity index (χ1) is 14.6. The van der Waals surface area contributed by atoms with Crippen LogP contribution >= 0.6 is 0 Å². The maximum atomic E-state index is 13.3. The zero-order valence-corrected chi connectivity index (χ0v) is 17.4. The predicted octanol–water partition coefficient (Wildman–Crippen LogP) is 0.703. The molecular weight excluding hydrogens is 382 g/mol. The van der Waals surface area contributed by atoms with Crippen LogP contribution in [-0.4, -0.2) is 88.0 Å². The van der Waals surface area contributed by atoms with Crippen molar-refractivity contribution in [3.05, 3.63) is 36.4 Å². The molecule has 30 heavy (non-hydrogen) atoms. The maximum Gasteiger partial charge on any atom is 0.230 e. The van der Waals surface area contributed by atoms with Crippen LogP contribution in [-0.2, 0) is 20.9 Å². The number of nitrogens with zero attached hydrogens (tertiary/aromatic N) is 5. The Balaban J connectivity index is 1.28. The van der Waals surface area contributed by atoms with Crippen LogP contribution in [0.2, 0.25) is 0 Å². The number of aromatic nitrogens is 2. The Labute approximate surface area is 176 Å². The molecular formula is C22H29N5O3. The van der Waals surface area contributed by atoms with Crippen molar-refractivity contribution in [1.82, 2.24) is 24.7 Å². The third kappa shape index (κ3) is 3.32. The van der Waals surface area contributed by atoms with E-state index in [9.17, 15) is 9.59 Å². The molecule has 4 aliphatic rings. The van der Waals surface area contributed by atoms with E-state index in [4.69, 9.17) is 4.74 Å². The Morgan fingerprint density at radius 1 is 1.27 bits per heavy atom. The van der Waals surface area contributed by atoms with Crippen LogP contribution in [0.1, 0.15) is 25.0 Å². The van der Waals surface area contributed by atoms with Gasteiger partial charge in [0.1, 0.15) is 5.60 Å². The van der Waals surface area contributed by atoms with Gasteiger partial charge in [-0.1, -0.05) is 18.6 Å². The number of ether oxygens (including phenoxy) is 1. The lowest BCUT2D eigenvalue weighted by Gasteiger charge is -2.29. The highest BCUT2D eigenvalue weighted by atomic mass is 16.5. The molecule has 5 rings (SSSR count). The van der Waals surface area contributed by atoms with Crippen molar-refractivity contribution in [1.29, 1.82) is 0 Å². The molecule has 2 bridgehead atoms. The summed E-state index contributed by atoms with van der Waals surface area (Å²) in [7, 11) is 1.76. The third-order valence-corrected chi connectivity index (χ3v) is 6.99. The molecule has 1 spiro atoms. The van der Waals surface area contributed by atoms with Gasteiger partial charge < -0.3 is 19.4 Å². The van der Waals surface area contributed by atoms with Gasteiger partial charge >= 0.3 is 0 Å². The summed E-state index contributed by atoms with van der Waals surface area (Å²) in [5.41, 5.74) is 0.0840. The molecule has 0 saturated carbocycles. The van der Waals surface area contributed by atoms with Gasteiger partial charge in [-0.15, -0.1) is 0 Å². The fourth-order valence-corrected chi connectivity index (χ4v) is 5.48.